The van der Waals surface area contributed by atoms with Crippen molar-refractivity contribution in [1.82, 2.24) is 0 Å². The molecule has 1 aliphatic rings. The van der Waals surface area contributed by atoms with Gasteiger partial charge >= 0.3 is 0 Å². The summed E-state index contributed by atoms with van der Waals surface area (Å²) in [6, 6.07) is 0. The monoisotopic (exact) mass is 127 g/mol. The van der Waals surface area contributed by atoms with Crippen molar-refractivity contribution in [2.45, 2.75) is 45.1 Å². The summed E-state index contributed by atoms with van der Waals surface area (Å²) < 4.78 is 0. The van der Waals surface area contributed by atoms with Gasteiger partial charge in [0.2, 0.25) is 0 Å². The predicted molar refractivity (Wildman–Crippen MR) is 40.2 cm³/mol. The van der Waals surface area contributed by atoms with Crippen LogP contribution in [0.5, 0.6) is 0 Å². The number of hydrogen-bond acceptors (Lipinski definition) is 1. The summed E-state index contributed by atoms with van der Waals surface area (Å²) in [4.78, 5) is 0. The van der Waals surface area contributed by atoms with Crippen molar-refractivity contribution in [2.75, 3.05) is 0 Å². The van der Waals surface area contributed by atoms with Crippen molar-refractivity contribution in [3.63, 3.8) is 0 Å². The molecule has 1 nitrogen and oxygen atoms in total. The minimum atomic E-state index is 0.273. The zero-order chi connectivity index (χ0) is 6.91. The topological polar surface area (TPSA) is 26.0 Å². The van der Waals surface area contributed by atoms with Gasteiger partial charge in [-0.2, -0.15) is 0 Å². The van der Waals surface area contributed by atoms with E-state index in [0.29, 0.717) is 0 Å². The van der Waals surface area contributed by atoms with Gasteiger partial charge in [0.05, 0.1) is 0 Å². The largest absolute Gasteiger partial charge is 0.325 e. The van der Waals surface area contributed by atoms with E-state index in [-0.39, 0.29) is 5.54 Å². The molecule has 54 valence electrons. The summed E-state index contributed by atoms with van der Waals surface area (Å²) in [5, 5.41) is 0. The van der Waals surface area contributed by atoms with Crippen molar-refractivity contribution >= 4 is 0 Å². The molecular weight excluding hydrogens is 110 g/mol. The fourth-order valence-corrected chi connectivity index (χ4v) is 1.20. The average Bonchev–Trinajstić information content (AvgIpc) is 2.48. The van der Waals surface area contributed by atoms with E-state index < -0.39 is 0 Å². The molecular formula is C8H17N. The highest BCUT2D eigenvalue weighted by Gasteiger charge is 2.38. The van der Waals surface area contributed by atoms with Crippen LogP contribution in [0.25, 0.3) is 0 Å². The molecule has 0 radical (unpaired) electrons. The first kappa shape index (κ1) is 7.07. The van der Waals surface area contributed by atoms with Gasteiger partial charge < -0.3 is 5.73 Å². The molecule has 0 aliphatic heterocycles. The maximum Gasteiger partial charge on any atom is 0.0158 e. The van der Waals surface area contributed by atoms with E-state index in [2.05, 4.69) is 13.8 Å². The predicted octanol–water partition coefficient (Wildman–Crippen LogP) is 1.91. The lowest BCUT2D eigenvalue weighted by Gasteiger charge is -2.13. The van der Waals surface area contributed by atoms with Gasteiger partial charge in [-0.3, -0.25) is 0 Å². The molecule has 0 spiro atoms. The maximum atomic E-state index is 5.92. The molecule has 0 aromatic rings. The normalized spacial score (nSPS) is 25.7. The molecule has 1 fully saturated rings. The zero-order valence-corrected chi connectivity index (χ0v) is 6.48. The Kier molecular flexibility index (Phi) is 1.80. The minimum absolute atomic E-state index is 0.273. The van der Waals surface area contributed by atoms with E-state index >= 15 is 0 Å². The molecule has 2 N–H and O–H groups in total. The molecule has 0 saturated heterocycles. The average molecular weight is 127 g/mol. The molecule has 1 rings (SSSR count). The number of rotatable bonds is 3. The zero-order valence-electron chi connectivity index (χ0n) is 6.48. The van der Waals surface area contributed by atoms with Gasteiger partial charge in [0.15, 0.2) is 0 Å². The highest BCUT2D eigenvalue weighted by Crippen LogP contribution is 2.38. The Morgan fingerprint density at radius 2 is 2.11 bits per heavy atom. The van der Waals surface area contributed by atoms with Gasteiger partial charge in [-0.1, -0.05) is 20.3 Å². The van der Waals surface area contributed by atoms with Crippen molar-refractivity contribution in [1.29, 1.82) is 0 Å². The quantitative estimate of drug-likeness (QED) is 0.615. The van der Waals surface area contributed by atoms with Crippen molar-refractivity contribution in [2.24, 2.45) is 11.7 Å². The molecule has 9 heavy (non-hydrogen) atoms. The molecule has 0 aromatic heterocycles. The second-order valence-corrected chi connectivity index (χ2v) is 3.58. The van der Waals surface area contributed by atoms with E-state index in [1.54, 1.807) is 0 Å². The highest BCUT2D eigenvalue weighted by molar-refractivity contribution is 4.99. The molecule has 1 atom stereocenters. The second kappa shape index (κ2) is 2.30. The SMILES string of the molecule is CCC(C)CC1(N)CC1. The molecule has 1 saturated carbocycles. The van der Waals surface area contributed by atoms with Crippen LogP contribution in [-0.4, -0.2) is 5.54 Å². The molecule has 1 aliphatic carbocycles. The highest BCUT2D eigenvalue weighted by atomic mass is 14.8. The first-order valence-electron chi connectivity index (χ1n) is 3.95. The van der Waals surface area contributed by atoms with Crippen LogP contribution in [0.15, 0.2) is 0 Å². The van der Waals surface area contributed by atoms with Crippen LogP contribution < -0.4 is 5.73 Å². The van der Waals surface area contributed by atoms with Gasteiger partial charge in [0, 0.05) is 5.54 Å². The lowest BCUT2D eigenvalue weighted by atomic mass is 9.98. The fourth-order valence-electron chi connectivity index (χ4n) is 1.20. The molecule has 0 bridgehead atoms. The van der Waals surface area contributed by atoms with Gasteiger partial charge in [-0.25, -0.2) is 0 Å². The number of hydrogen-bond donors (Lipinski definition) is 1. The van der Waals surface area contributed by atoms with Crippen LogP contribution in [0, 0.1) is 5.92 Å². The summed E-state index contributed by atoms with van der Waals surface area (Å²) in [6.45, 7) is 4.52. The van der Waals surface area contributed by atoms with Gasteiger partial charge in [-0.05, 0) is 25.2 Å². The van der Waals surface area contributed by atoms with Crippen molar-refractivity contribution < 1.29 is 0 Å². The van der Waals surface area contributed by atoms with Crippen molar-refractivity contribution in [3.8, 4) is 0 Å². The van der Waals surface area contributed by atoms with E-state index in [4.69, 9.17) is 5.73 Å². The molecule has 1 heteroatoms. The lowest BCUT2D eigenvalue weighted by Crippen LogP contribution is -2.24. The molecule has 0 aromatic carbocycles. The lowest BCUT2D eigenvalue weighted by molar-refractivity contribution is 0.442. The van der Waals surface area contributed by atoms with Crippen LogP contribution in [0.3, 0.4) is 0 Å². The summed E-state index contributed by atoms with van der Waals surface area (Å²) in [5.41, 5.74) is 6.20. The van der Waals surface area contributed by atoms with E-state index in [1.807, 2.05) is 0 Å². The number of nitrogens with two attached hydrogens (primary N) is 1. The molecule has 0 heterocycles. The Morgan fingerprint density at radius 3 is 2.44 bits per heavy atom. The van der Waals surface area contributed by atoms with Crippen LogP contribution in [-0.2, 0) is 0 Å². The molecule has 0 amide bonds. The third kappa shape index (κ3) is 1.98. The summed E-state index contributed by atoms with van der Waals surface area (Å²) in [6.07, 6.45) is 5.04. The Hall–Kier alpha value is -0.0400. The smallest absolute Gasteiger partial charge is 0.0158 e. The first-order valence-corrected chi connectivity index (χ1v) is 3.95. The third-order valence-electron chi connectivity index (χ3n) is 2.34. The van der Waals surface area contributed by atoms with Crippen LogP contribution >= 0.6 is 0 Å². The summed E-state index contributed by atoms with van der Waals surface area (Å²) in [7, 11) is 0. The second-order valence-electron chi connectivity index (χ2n) is 3.58. The van der Waals surface area contributed by atoms with Gasteiger partial charge in [0.1, 0.15) is 0 Å². The molecule has 1 unspecified atom stereocenters. The van der Waals surface area contributed by atoms with E-state index in [0.717, 1.165) is 5.92 Å². The Labute approximate surface area is 57.6 Å². The standard InChI is InChI=1S/C8H17N/c1-3-7(2)6-8(9)4-5-8/h7H,3-6,9H2,1-2H3. The van der Waals surface area contributed by atoms with Crippen LogP contribution in [0.4, 0.5) is 0 Å². The van der Waals surface area contributed by atoms with Crippen LogP contribution in [0.2, 0.25) is 0 Å². The minimum Gasteiger partial charge on any atom is -0.325 e. The van der Waals surface area contributed by atoms with E-state index in [9.17, 15) is 0 Å². The van der Waals surface area contributed by atoms with E-state index in [1.165, 1.54) is 25.7 Å². The van der Waals surface area contributed by atoms with Gasteiger partial charge in [-0.15, -0.1) is 0 Å². The van der Waals surface area contributed by atoms with Crippen molar-refractivity contribution in [3.05, 3.63) is 0 Å². The Morgan fingerprint density at radius 1 is 1.56 bits per heavy atom. The Balaban J connectivity index is 2.17. The Bertz CT molecular complexity index is 94.7. The summed E-state index contributed by atoms with van der Waals surface area (Å²) in [5.74, 6) is 0.831. The fraction of sp³-hybridized carbons (Fsp3) is 1.00. The summed E-state index contributed by atoms with van der Waals surface area (Å²) >= 11 is 0. The maximum absolute atomic E-state index is 5.92. The first-order chi connectivity index (χ1) is 4.16. The van der Waals surface area contributed by atoms with Gasteiger partial charge in [0.25, 0.3) is 0 Å². The van der Waals surface area contributed by atoms with Crippen LogP contribution in [0.1, 0.15) is 39.5 Å². The third-order valence-corrected chi connectivity index (χ3v) is 2.34.